The molecule has 0 bridgehead atoms. The van der Waals surface area contributed by atoms with Crippen molar-refractivity contribution in [3.63, 3.8) is 0 Å². The second-order valence-corrected chi connectivity index (χ2v) is 8.57. The molecule has 0 N–H and O–H groups in total. The third-order valence-corrected chi connectivity index (χ3v) is 6.98. The number of fused-ring (bicyclic) bond motifs is 6. The van der Waals surface area contributed by atoms with Gasteiger partial charge in [0.25, 0.3) is 0 Å². The van der Waals surface area contributed by atoms with E-state index < -0.39 is 0 Å². The summed E-state index contributed by atoms with van der Waals surface area (Å²) in [5, 5.41) is 5.42. The standard InChI is InChI=1S/C24H20BBr/c1-24(2)18-11-7-6-10-16(18)20-19(24)13-12-17-21(20)22(25-3)14-8-4-5-9-15(14)23(17)26/h4-13,25H,1-3H3. The fourth-order valence-corrected chi connectivity index (χ4v) is 5.55. The van der Waals surface area contributed by atoms with Crippen molar-refractivity contribution in [3.8, 4) is 11.1 Å². The SMILES string of the molecule is CBc1c2ccccc2c(Br)c2ccc3c(c12)-c1ccccc1C3(C)C. The van der Waals surface area contributed by atoms with Crippen LogP contribution in [-0.2, 0) is 5.41 Å². The molecule has 0 atom stereocenters. The second kappa shape index (κ2) is 5.47. The fraction of sp³-hybridized carbons (Fsp3) is 0.167. The molecule has 0 aromatic heterocycles. The Kier molecular flexibility index (Phi) is 3.40. The van der Waals surface area contributed by atoms with Gasteiger partial charge in [-0.15, -0.1) is 0 Å². The van der Waals surface area contributed by atoms with Crippen molar-refractivity contribution in [2.45, 2.75) is 26.1 Å². The number of rotatable bonds is 1. The van der Waals surface area contributed by atoms with Crippen molar-refractivity contribution in [1.29, 1.82) is 0 Å². The molecule has 0 spiro atoms. The van der Waals surface area contributed by atoms with Gasteiger partial charge < -0.3 is 0 Å². The maximum Gasteiger partial charge on any atom is 0.156 e. The summed E-state index contributed by atoms with van der Waals surface area (Å²) < 4.78 is 1.21. The number of halogens is 1. The smallest absolute Gasteiger partial charge is 0.0848 e. The summed E-state index contributed by atoms with van der Waals surface area (Å²) in [5.41, 5.74) is 7.23. The fourth-order valence-electron chi connectivity index (χ4n) is 4.88. The first kappa shape index (κ1) is 16.1. The Balaban J connectivity index is 2.08. The Morgan fingerprint density at radius 1 is 0.769 bits per heavy atom. The van der Waals surface area contributed by atoms with Crippen LogP contribution in [0, 0.1) is 0 Å². The molecule has 4 aromatic rings. The average molecular weight is 399 g/mol. The number of hydrogen-bond donors (Lipinski definition) is 0. The van der Waals surface area contributed by atoms with Crippen LogP contribution in [0.5, 0.6) is 0 Å². The molecule has 0 unspecified atom stereocenters. The Labute approximate surface area is 163 Å². The summed E-state index contributed by atoms with van der Waals surface area (Å²) in [5.74, 6) is 0. The summed E-state index contributed by atoms with van der Waals surface area (Å²) in [6, 6.07) is 22.4. The van der Waals surface area contributed by atoms with Gasteiger partial charge in [0.15, 0.2) is 7.28 Å². The minimum atomic E-state index is 0.0449. The highest BCUT2D eigenvalue weighted by molar-refractivity contribution is 9.10. The Hall–Kier alpha value is -2.06. The van der Waals surface area contributed by atoms with Gasteiger partial charge in [-0.2, -0.15) is 0 Å². The second-order valence-electron chi connectivity index (χ2n) is 7.77. The summed E-state index contributed by atoms with van der Waals surface area (Å²) in [7, 11) is 1.03. The van der Waals surface area contributed by atoms with Gasteiger partial charge in [-0.25, -0.2) is 0 Å². The molecular weight excluding hydrogens is 379 g/mol. The lowest BCUT2D eigenvalue weighted by Gasteiger charge is -2.22. The van der Waals surface area contributed by atoms with Crippen LogP contribution in [0.4, 0.5) is 0 Å². The first-order valence-corrected chi connectivity index (χ1v) is 10.1. The van der Waals surface area contributed by atoms with E-state index in [4.69, 9.17) is 0 Å². The molecular formula is C24H20BBr. The van der Waals surface area contributed by atoms with Crippen molar-refractivity contribution in [2.24, 2.45) is 0 Å². The molecule has 0 radical (unpaired) electrons. The zero-order valence-corrected chi connectivity index (χ0v) is 16.9. The molecule has 1 aliphatic carbocycles. The third kappa shape index (κ3) is 1.91. The van der Waals surface area contributed by atoms with Gasteiger partial charge in [-0.1, -0.05) is 86.8 Å². The first-order valence-electron chi connectivity index (χ1n) is 9.32. The highest BCUT2D eigenvalue weighted by Gasteiger charge is 2.36. The van der Waals surface area contributed by atoms with E-state index in [0.717, 1.165) is 7.28 Å². The van der Waals surface area contributed by atoms with Crippen LogP contribution < -0.4 is 5.46 Å². The predicted octanol–water partition coefficient (Wildman–Crippen LogP) is 6.17. The highest BCUT2D eigenvalue weighted by Crippen LogP contribution is 2.51. The molecule has 2 heteroatoms. The third-order valence-electron chi connectivity index (χ3n) is 6.13. The maximum atomic E-state index is 3.92. The van der Waals surface area contributed by atoms with Crippen molar-refractivity contribution in [3.05, 3.63) is 76.3 Å². The topological polar surface area (TPSA) is 0 Å². The molecule has 4 aromatic carbocycles. The van der Waals surface area contributed by atoms with E-state index in [2.05, 4.69) is 97.3 Å². The zero-order valence-electron chi connectivity index (χ0n) is 15.4. The summed E-state index contributed by atoms with van der Waals surface area (Å²) in [6.07, 6.45) is 0. The van der Waals surface area contributed by atoms with Crippen molar-refractivity contribution in [1.82, 2.24) is 0 Å². The molecule has 5 rings (SSSR count). The zero-order chi connectivity index (χ0) is 18.1. The van der Waals surface area contributed by atoms with E-state index >= 15 is 0 Å². The summed E-state index contributed by atoms with van der Waals surface area (Å²) in [4.78, 5) is 0. The molecule has 0 saturated heterocycles. The van der Waals surface area contributed by atoms with Gasteiger partial charge >= 0.3 is 0 Å². The molecule has 1 aliphatic rings. The molecule has 26 heavy (non-hydrogen) atoms. The van der Waals surface area contributed by atoms with Crippen molar-refractivity contribution in [2.75, 3.05) is 0 Å². The largest absolute Gasteiger partial charge is 0.156 e. The molecule has 126 valence electrons. The molecule has 0 aliphatic heterocycles. The van der Waals surface area contributed by atoms with E-state index in [1.54, 1.807) is 0 Å². The Morgan fingerprint density at radius 2 is 1.46 bits per heavy atom. The van der Waals surface area contributed by atoms with Gasteiger partial charge in [0, 0.05) is 9.89 Å². The van der Waals surface area contributed by atoms with Crippen LogP contribution >= 0.6 is 15.9 Å². The minimum absolute atomic E-state index is 0.0449. The van der Waals surface area contributed by atoms with E-state index in [9.17, 15) is 0 Å². The van der Waals surface area contributed by atoms with Crippen LogP contribution in [0.15, 0.2) is 65.1 Å². The molecule has 0 nitrogen and oxygen atoms in total. The molecule has 0 amide bonds. The van der Waals surface area contributed by atoms with Gasteiger partial charge in [-0.3, -0.25) is 0 Å². The lowest BCUT2D eigenvalue weighted by molar-refractivity contribution is 0.661. The Bertz CT molecular complexity index is 1200. The molecule has 0 fully saturated rings. The summed E-state index contributed by atoms with van der Waals surface area (Å²) in [6.45, 7) is 6.98. The van der Waals surface area contributed by atoms with E-state index in [-0.39, 0.29) is 5.41 Å². The monoisotopic (exact) mass is 398 g/mol. The van der Waals surface area contributed by atoms with Crippen LogP contribution in [0.2, 0.25) is 6.82 Å². The van der Waals surface area contributed by atoms with E-state index in [1.165, 1.54) is 53.7 Å². The lowest BCUT2D eigenvalue weighted by Crippen LogP contribution is -2.17. The van der Waals surface area contributed by atoms with Crippen molar-refractivity contribution >= 4 is 50.2 Å². The van der Waals surface area contributed by atoms with Crippen LogP contribution in [0.1, 0.15) is 25.0 Å². The van der Waals surface area contributed by atoms with Gasteiger partial charge in [0.05, 0.1) is 0 Å². The molecule has 0 heterocycles. The quantitative estimate of drug-likeness (QED) is 0.265. The number of benzene rings is 4. The van der Waals surface area contributed by atoms with Gasteiger partial charge in [0.2, 0.25) is 0 Å². The van der Waals surface area contributed by atoms with Gasteiger partial charge in [-0.05, 0) is 59.7 Å². The normalized spacial score (nSPS) is 14.5. The predicted molar refractivity (Wildman–Crippen MR) is 119 cm³/mol. The lowest BCUT2D eigenvalue weighted by atomic mass is 9.67. The minimum Gasteiger partial charge on any atom is -0.0848 e. The highest BCUT2D eigenvalue weighted by atomic mass is 79.9. The molecule has 0 saturated carbocycles. The van der Waals surface area contributed by atoms with E-state index in [1.807, 2.05) is 0 Å². The van der Waals surface area contributed by atoms with Crippen molar-refractivity contribution < 1.29 is 0 Å². The first-order chi connectivity index (χ1) is 12.6. The average Bonchev–Trinajstić information content (AvgIpc) is 2.90. The Morgan fingerprint density at radius 3 is 2.23 bits per heavy atom. The van der Waals surface area contributed by atoms with Gasteiger partial charge in [0.1, 0.15) is 0 Å². The summed E-state index contributed by atoms with van der Waals surface area (Å²) >= 11 is 3.92. The maximum absolute atomic E-state index is 3.92. The van der Waals surface area contributed by atoms with Crippen LogP contribution in [-0.4, -0.2) is 7.28 Å². The number of hydrogen-bond acceptors (Lipinski definition) is 0. The van der Waals surface area contributed by atoms with Crippen LogP contribution in [0.3, 0.4) is 0 Å². The van der Waals surface area contributed by atoms with Crippen LogP contribution in [0.25, 0.3) is 32.7 Å². The van der Waals surface area contributed by atoms with E-state index in [0.29, 0.717) is 0 Å².